The van der Waals surface area contributed by atoms with Gasteiger partial charge in [-0.15, -0.1) is 0 Å². The molecule has 0 bridgehead atoms. The van der Waals surface area contributed by atoms with Crippen molar-refractivity contribution in [2.45, 2.75) is 38.4 Å². The number of carbonyl (C=O) groups is 2. The maximum absolute atomic E-state index is 12.9. The van der Waals surface area contributed by atoms with Crippen molar-refractivity contribution in [1.29, 1.82) is 0 Å². The quantitative estimate of drug-likeness (QED) is 0.553. The van der Waals surface area contributed by atoms with Crippen LogP contribution in [0, 0.1) is 0 Å². The Bertz CT molecular complexity index is 975. The Morgan fingerprint density at radius 2 is 1.84 bits per heavy atom. The number of anilines is 2. The van der Waals surface area contributed by atoms with E-state index < -0.39 is 17.9 Å². The van der Waals surface area contributed by atoms with E-state index >= 15 is 0 Å². The Labute approximate surface area is 191 Å². The third-order valence-electron chi connectivity index (χ3n) is 5.27. The molecule has 1 heterocycles. The Hall–Kier alpha value is -2.48. The minimum absolute atomic E-state index is 0.153. The fraction of sp³-hybridized carbons (Fsp3) is 0.364. The summed E-state index contributed by atoms with van der Waals surface area (Å²) in [7, 11) is 0. The molecule has 1 saturated heterocycles. The smallest absolute Gasteiger partial charge is 0.305 e. The van der Waals surface area contributed by atoms with Crippen LogP contribution in [0.2, 0.25) is 10.0 Å². The van der Waals surface area contributed by atoms with Crippen molar-refractivity contribution in [2.75, 3.05) is 23.8 Å². The van der Waals surface area contributed by atoms with E-state index in [0.717, 1.165) is 5.69 Å². The van der Waals surface area contributed by atoms with Gasteiger partial charge in [0.15, 0.2) is 0 Å². The molecule has 1 aliphatic rings. The molecule has 31 heavy (non-hydrogen) atoms. The highest BCUT2D eigenvalue weighted by molar-refractivity contribution is 6.42. The number of nitrogens with zero attached hydrogens (tertiary/aromatic N) is 1. The number of nitrogen functional groups attached to an aromatic ring is 1. The Morgan fingerprint density at radius 3 is 2.42 bits per heavy atom. The van der Waals surface area contributed by atoms with Gasteiger partial charge in [0.2, 0.25) is 0 Å². The number of morpholine rings is 1. The van der Waals surface area contributed by atoms with Gasteiger partial charge >= 0.3 is 5.97 Å². The van der Waals surface area contributed by atoms with Crippen molar-refractivity contribution in [3.05, 3.63) is 57.6 Å². The molecular weight excluding hydrogens is 441 g/mol. The largest absolute Gasteiger partial charge is 0.481 e. The monoisotopic (exact) mass is 465 g/mol. The topological polar surface area (TPSA) is 105 Å². The van der Waals surface area contributed by atoms with Crippen LogP contribution in [-0.2, 0) is 9.53 Å². The fourth-order valence-corrected chi connectivity index (χ4v) is 4.11. The number of halogens is 2. The number of carboxylic acid groups (broad SMARTS) is 1. The Balaban J connectivity index is 1.82. The molecule has 1 fully saturated rings. The van der Waals surface area contributed by atoms with Crippen LogP contribution < -0.4 is 16.0 Å². The maximum Gasteiger partial charge on any atom is 0.305 e. The number of nitrogens with one attached hydrogen (secondary N) is 1. The molecule has 0 spiro atoms. The summed E-state index contributed by atoms with van der Waals surface area (Å²) in [6.45, 7) is 5.33. The van der Waals surface area contributed by atoms with Crippen molar-refractivity contribution in [3.8, 4) is 0 Å². The minimum atomic E-state index is -1.05. The third-order valence-corrected chi connectivity index (χ3v) is 6.00. The van der Waals surface area contributed by atoms with Crippen LogP contribution in [-0.4, -0.2) is 42.3 Å². The van der Waals surface area contributed by atoms with Crippen LogP contribution in [0.4, 0.5) is 11.4 Å². The van der Waals surface area contributed by atoms with Gasteiger partial charge in [-0.2, -0.15) is 0 Å². The molecule has 3 unspecified atom stereocenters. The summed E-state index contributed by atoms with van der Waals surface area (Å²) < 4.78 is 5.57. The second kappa shape index (κ2) is 9.77. The molecule has 166 valence electrons. The number of rotatable bonds is 6. The van der Waals surface area contributed by atoms with Crippen LogP contribution in [0.5, 0.6) is 0 Å². The third kappa shape index (κ3) is 5.42. The SMILES string of the molecule is CC1COCC(C)N1c1ccc(C(=O)NC(CC(=O)O)c2ccc(Cl)c(Cl)c2)cc1N. The lowest BCUT2D eigenvalue weighted by molar-refractivity contribution is -0.137. The first-order valence-electron chi connectivity index (χ1n) is 9.90. The molecule has 1 amide bonds. The molecule has 0 radical (unpaired) electrons. The van der Waals surface area contributed by atoms with E-state index in [4.69, 9.17) is 33.7 Å². The van der Waals surface area contributed by atoms with E-state index in [2.05, 4.69) is 24.1 Å². The van der Waals surface area contributed by atoms with Crippen molar-refractivity contribution >= 4 is 46.5 Å². The summed E-state index contributed by atoms with van der Waals surface area (Å²) >= 11 is 12.0. The first-order valence-corrected chi connectivity index (χ1v) is 10.7. The average Bonchev–Trinajstić information content (AvgIpc) is 2.70. The summed E-state index contributed by atoms with van der Waals surface area (Å²) in [4.78, 5) is 26.4. The summed E-state index contributed by atoms with van der Waals surface area (Å²) in [5.74, 6) is -1.49. The van der Waals surface area contributed by atoms with E-state index in [1.54, 1.807) is 30.3 Å². The van der Waals surface area contributed by atoms with Gasteiger partial charge in [-0.25, -0.2) is 0 Å². The minimum Gasteiger partial charge on any atom is -0.481 e. The molecule has 4 N–H and O–H groups in total. The maximum atomic E-state index is 12.9. The van der Waals surface area contributed by atoms with E-state index in [9.17, 15) is 14.7 Å². The molecule has 0 aromatic heterocycles. The number of benzene rings is 2. The van der Waals surface area contributed by atoms with E-state index in [1.807, 2.05) is 6.07 Å². The second-order valence-corrected chi connectivity index (χ2v) is 8.53. The van der Waals surface area contributed by atoms with Crippen LogP contribution >= 0.6 is 23.2 Å². The number of carboxylic acids is 1. The Morgan fingerprint density at radius 1 is 1.16 bits per heavy atom. The lowest BCUT2D eigenvalue weighted by Crippen LogP contribution is -2.50. The lowest BCUT2D eigenvalue weighted by atomic mass is 10.0. The number of hydrogen-bond acceptors (Lipinski definition) is 5. The number of nitrogens with two attached hydrogens (primary N) is 1. The highest BCUT2D eigenvalue weighted by Gasteiger charge is 2.27. The predicted molar refractivity (Wildman–Crippen MR) is 122 cm³/mol. The lowest BCUT2D eigenvalue weighted by Gasteiger charge is -2.41. The summed E-state index contributed by atoms with van der Waals surface area (Å²) in [6.07, 6.45) is -0.305. The highest BCUT2D eigenvalue weighted by atomic mass is 35.5. The molecule has 1 aliphatic heterocycles. The van der Waals surface area contributed by atoms with Crippen LogP contribution in [0.1, 0.15) is 42.2 Å². The molecule has 9 heteroatoms. The molecular formula is C22H25Cl2N3O4. The summed E-state index contributed by atoms with van der Waals surface area (Å²) in [5, 5.41) is 12.7. The van der Waals surface area contributed by atoms with Gasteiger partial charge in [-0.1, -0.05) is 29.3 Å². The molecule has 3 atom stereocenters. The van der Waals surface area contributed by atoms with Gasteiger partial charge in [0.1, 0.15) is 0 Å². The second-order valence-electron chi connectivity index (χ2n) is 7.71. The highest BCUT2D eigenvalue weighted by Crippen LogP contribution is 2.31. The van der Waals surface area contributed by atoms with Crippen LogP contribution in [0.15, 0.2) is 36.4 Å². The van der Waals surface area contributed by atoms with Crippen LogP contribution in [0.25, 0.3) is 0 Å². The number of amides is 1. The van der Waals surface area contributed by atoms with Gasteiger partial charge in [0, 0.05) is 17.6 Å². The van der Waals surface area contributed by atoms with Gasteiger partial charge < -0.3 is 25.8 Å². The molecule has 3 rings (SSSR count). The van der Waals surface area contributed by atoms with Crippen molar-refractivity contribution in [1.82, 2.24) is 5.32 Å². The number of hydrogen-bond donors (Lipinski definition) is 3. The Kier molecular flexibility index (Phi) is 7.30. The van der Waals surface area contributed by atoms with E-state index in [1.165, 1.54) is 0 Å². The number of carbonyl (C=O) groups excluding carboxylic acids is 1. The molecule has 7 nitrogen and oxygen atoms in total. The van der Waals surface area contributed by atoms with E-state index in [0.29, 0.717) is 35.1 Å². The van der Waals surface area contributed by atoms with Crippen LogP contribution in [0.3, 0.4) is 0 Å². The van der Waals surface area contributed by atoms with Crippen molar-refractivity contribution < 1.29 is 19.4 Å². The van der Waals surface area contributed by atoms with E-state index in [-0.39, 0.29) is 23.5 Å². The first-order chi connectivity index (χ1) is 14.7. The molecule has 2 aromatic rings. The number of ether oxygens (including phenoxy) is 1. The molecule has 0 saturated carbocycles. The number of aliphatic carboxylic acids is 1. The first kappa shape index (κ1) is 23.2. The fourth-order valence-electron chi connectivity index (χ4n) is 3.81. The summed E-state index contributed by atoms with van der Waals surface area (Å²) in [6, 6.07) is 9.39. The zero-order valence-electron chi connectivity index (χ0n) is 17.3. The average molecular weight is 466 g/mol. The van der Waals surface area contributed by atoms with Gasteiger partial charge in [0.25, 0.3) is 5.91 Å². The van der Waals surface area contributed by atoms with Crippen molar-refractivity contribution in [2.24, 2.45) is 0 Å². The zero-order valence-corrected chi connectivity index (χ0v) is 18.8. The molecule has 2 aromatic carbocycles. The normalized spacial score (nSPS) is 19.7. The zero-order chi connectivity index (χ0) is 22.7. The standard InChI is InChI=1S/C22H25Cl2N3O4/c1-12-10-31-11-13(2)27(12)20-6-4-15(8-18(20)25)22(30)26-19(9-21(28)29)14-3-5-16(23)17(24)7-14/h3-8,12-13,19H,9-11,25H2,1-2H3,(H,26,30)(H,28,29). The van der Waals surface area contributed by atoms with Gasteiger partial charge in [-0.3, -0.25) is 9.59 Å². The summed E-state index contributed by atoms with van der Waals surface area (Å²) in [5.41, 5.74) is 8.48. The van der Waals surface area contributed by atoms with Gasteiger partial charge in [0.05, 0.1) is 47.1 Å². The van der Waals surface area contributed by atoms with Crippen molar-refractivity contribution in [3.63, 3.8) is 0 Å². The predicted octanol–water partition coefficient (Wildman–Crippen LogP) is 4.14. The van der Waals surface area contributed by atoms with Gasteiger partial charge in [-0.05, 0) is 49.7 Å². The molecule has 0 aliphatic carbocycles.